The zero-order valence-electron chi connectivity index (χ0n) is 16.7. The first-order valence-electron chi connectivity index (χ1n) is 10.7. The van der Waals surface area contributed by atoms with Crippen LogP contribution in [0.3, 0.4) is 0 Å². The van der Waals surface area contributed by atoms with E-state index in [1.165, 1.54) is 46.3 Å². The predicted octanol–water partition coefficient (Wildman–Crippen LogP) is 3.38. The van der Waals surface area contributed by atoms with Crippen molar-refractivity contribution in [3.05, 3.63) is 16.3 Å². The molecule has 2 aromatic heterocycles. The van der Waals surface area contributed by atoms with Crippen LogP contribution in [-0.2, 0) is 28.9 Å². The standard InChI is InChI=1S/C21H30N4O2S/c1-26-15-7-6-14(12-15)22-20-19-16-4-2-3-5-17(16)28-21(19)24-18(23-20)13-25-8-10-27-11-9-25/h14-15H,2-13H2,1H3,(H,22,23,24). The second kappa shape index (κ2) is 8.22. The smallest absolute Gasteiger partial charge is 0.146 e. The number of anilines is 1. The lowest BCUT2D eigenvalue weighted by molar-refractivity contribution is 0.0331. The fourth-order valence-electron chi connectivity index (χ4n) is 4.81. The highest BCUT2D eigenvalue weighted by atomic mass is 32.1. The number of hydrogen-bond donors (Lipinski definition) is 1. The summed E-state index contributed by atoms with van der Waals surface area (Å²) in [6.07, 6.45) is 8.66. The molecule has 0 amide bonds. The molecule has 0 radical (unpaired) electrons. The molecule has 0 bridgehead atoms. The Bertz CT molecular complexity index is 833. The van der Waals surface area contributed by atoms with E-state index < -0.39 is 0 Å². The SMILES string of the molecule is COC1CCC(Nc2nc(CN3CCOCC3)nc3sc4c(c23)CCCC4)C1. The number of fused-ring (bicyclic) bond motifs is 3. The van der Waals surface area contributed by atoms with Gasteiger partial charge in [-0.1, -0.05) is 0 Å². The molecule has 0 aromatic carbocycles. The van der Waals surface area contributed by atoms with E-state index in [9.17, 15) is 0 Å². The van der Waals surface area contributed by atoms with Crippen LogP contribution in [0, 0.1) is 0 Å². The van der Waals surface area contributed by atoms with Crippen LogP contribution in [0.15, 0.2) is 0 Å². The molecular weight excluding hydrogens is 372 g/mol. The molecule has 2 aliphatic carbocycles. The maximum atomic E-state index is 5.58. The van der Waals surface area contributed by atoms with Crippen molar-refractivity contribution in [1.82, 2.24) is 14.9 Å². The van der Waals surface area contributed by atoms with Crippen LogP contribution in [-0.4, -0.2) is 60.4 Å². The summed E-state index contributed by atoms with van der Waals surface area (Å²) in [6, 6.07) is 0.443. The van der Waals surface area contributed by atoms with Crippen molar-refractivity contribution in [3.63, 3.8) is 0 Å². The second-order valence-corrected chi connectivity index (χ2v) is 9.36. The average molecular weight is 403 g/mol. The van der Waals surface area contributed by atoms with Crippen LogP contribution >= 0.6 is 11.3 Å². The van der Waals surface area contributed by atoms with Gasteiger partial charge in [0.25, 0.3) is 0 Å². The van der Waals surface area contributed by atoms with Gasteiger partial charge in [-0.3, -0.25) is 4.90 Å². The van der Waals surface area contributed by atoms with Crippen molar-refractivity contribution in [2.24, 2.45) is 0 Å². The number of rotatable bonds is 5. The Hall–Kier alpha value is -1.28. The average Bonchev–Trinajstić information content (AvgIpc) is 3.32. The zero-order chi connectivity index (χ0) is 18.9. The Morgan fingerprint density at radius 1 is 1.18 bits per heavy atom. The lowest BCUT2D eigenvalue weighted by Crippen LogP contribution is -2.36. The third-order valence-corrected chi connectivity index (χ3v) is 7.57. The summed E-state index contributed by atoms with van der Waals surface area (Å²) >= 11 is 1.89. The maximum Gasteiger partial charge on any atom is 0.146 e. The molecule has 28 heavy (non-hydrogen) atoms. The zero-order valence-corrected chi connectivity index (χ0v) is 17.5. The molecule has 1 aliphatic heterocycles. The predicted molar refractivity (Wildman–Crippen MR) is 112 cm³/mol. The quantitative estimate of drug-likeness (QED) is 0.827. The maximum absolute atomic E-state index is 5.58. The van der Waals surface area contributed by atoms with E-state index in [4.69, 9.17) is 19.4 Å². The minimum Gasteiger partial charge on any atom is -0.381 e. The first-order valence-corrected chi connectivity index (χ1v) is 11.5. The van der Waals surface area contributed by atoms with E-state index in [0.717, 1.165) is 63.8 Å². The van der Waals surface area contributed by atoms with Crippen molar-refractivity contribution in [1.29, 1.82) is 0 Å². The third kappa shape index (κ3) is 3.77. The molecule has 2 unspecified atom stereocenters. The largest absolute Gasteiger partial charge is 0.381 e. The van der Waals surface area contributed by atoms with Crippen LogP contribution in [0.5, 0.6) is 0 Å². The molecule has 0 spiro atoms. The Balaban J connectivity index is 1.48. The van der Waals surface area contributed by atoms with Crippen LogP contribution in [0.4, 0.5) is 5.82 Å². The highest BCUT2D eigenvalue weighted by molar-refractivity contribution is 7.19. The molecule has 2 fully saturated rings. The summed E-state index contributed by atoms with van der Waals surface area (Å²) in [4.78, 5) is 15.2. The van der Waals surface area contributed by atoms with Crippen LogP contribution in [0.25, 0.3) is 10.2 Å². The van der Waals surface area contributed by atoms with Gasteiger partial charge in [0.2, 0.25) is 0 Å². The van der Waals surface area contributed by atoms with Gasteiger partial charge in [0.1, 0.15) is 16.5 Å². The Morgan fingerprint density at radius 3 is 2.86 bits per heavy atom. The van der Waals surface area contributed by atoms with E-state index in [1.807, 2.05) is 18.4 Å². The Morgan fingerprint density at radius 2 is 2.04 bits per heavy atom. The first kappa shape index (κ1) is 18.7. The molecule has 2 atom stereocenters. The molecule has 1 saturated heterocycles. The molecule has 152 valence electrons. The topological polar surface area (TPSA) is 59.5 Å². The van der Waals surface area contributed by atoms with Crippen molar-refractivity contribution in [2.45, 2.75) is 63.6 Å². The van der Waals surface area contributed by atoms with Gasteiger partial charge in [-0.05, 0) is 50.5 Å². The number of nitrogens with zero attached hydrogens (tertiary/aromatic N) is 3. The molecule has 1 N–H and O–H groups in total. The van der Waals surface area contributed by atoms with Gasteiger partial charge in [-0.25, -0.2) is 9.97 Å². The Labute approximate surface area is 170 Å². The monoisotopic (exact) mass is 402 g/mol. The summed E-state index contributed by atoms with van der Waals surface area (Å²) in [5.74, 6) is 2.01. The van der Waals surface area contributed by atoms with Crippen molar-refractivity contribution >= 4 is 27.4 Å². The molecule has 6 nitrogen and oxygen atoms in total. The molecule has 1 saturated carbocycles. The highest BCUT2D eigenvalue weighted by Crippen LogP contribution is 2.39. The van der Waals surface area contributed by atoms with Crippen molar-refractivity contribution in [2.75, 3.05) is 38.7 Å². The van der Waals surface area contributed by atoms with Gasteiger partial charge in [-0.2, -0.15) is 0 Å². The van der Waals surface area contributed by atoms with Gasteiger partial charge < -0.3 is 14.8 Å². The van der Waals surface area contributed by atoms with Crippen LogP contribution in [0.2, 0.25) is 0 Å². The molecule has 2 aromatic rings. The number of morpholine rings is 1. The normalized spacial score (nSPS) is 25.9. The first-order chi connectivity index (χ1) is 13.8. The molecular formula is C21H30N4O2S. The highest BCUT2D eigenvalue weighted by Gasteiger charge is 2.27. The van der Waals surface area contributed by atoms with Gasteiger partial charge in [0, 0.05) is 31.1 Å². The summed E-state index contributed by atoms with van der Waals surface area (Å²) in [6.45, 7) is 4.34. The fourth-order valence-corrected chi connectivity index (χ4v) is 6.09. The fraction of sp³-hybridized carbons (Fsp3) is 0.714. The van der Waals surface area contributed by atoms with E-state index in [1.54, 1.807) is 0 Å². The Kier molecular flexibility index (Phi) is 5.50. The number of aromatic nitrogens is 2. The minimum absolute atomic E-state index is 0.374. The number of nitrogens with one attached hydrogen (secondary N) is 1. The van der Waals surface area contributed by atoms with E-state index in [2.05, 4.69) is 10.2 Å². The number of thiophene rings is 1. The summed E-state index contributed by atoms with van der Waals surface area (Å²) < 4.78 is 11.1. The number of methoxy groups -OCH3 is 1. The minimum atomic E-state index is 0.374. The third-order valence-electron chi connectivity index (χ3n) is 6.39. The summed E-state index contributed by atoms with van der Waals surface area (Å²) in [7, 11) is 1.83. The number of hydrogen-bond acceptors (Lipinski definition) is 7. The molecule has 7 heteroatoms. The summed E-state index contributed by atoms with van der Waals surface area (Å²) in [5.41, 5.74) is 1.51. The van der Waals surface area contributed by atoms with Crippen LogP contribution in [0.1, 0.15) is 48.4 Å². The van der Waals surface area contributed by atoms with Gasteiger partial charge >= 0.3 is 0 Å². The number of ether oxygens (including phenoxy) is 2. The van der Waals surface area contributed by atoms with Crippen molar-refractivity contribution in [3.8, 4) is 0 Å². The van der Waals surface area contributed by atoms with Gasteiger partial charge in [0.05, 0.1) is 31.2 Å². The van der Waals surface area contributed by atoms with Crippen molar-refractivity contribution < 1.29 is 9.47 Å². The molecule has 3 aliphatic rings. The lowest BCUT2D eigenvalue weighted by Gasteiger charge is -2.26. The van der Waals surface area contributed by atoms with Gasteiger partial charge in [-0.15, -0.1) is 11.3 Å². The van der Waals surface area contributed by atoms with E-state index >= 15 is 0 Å². The second-order valence-electron chi connectivity index (χ2n) is 8.28. The molecule has 5 rings (SSSR count). The lowest BCUT2D eigenvalue weighted by atomic mass is 9.97. The van der Waals surface area contributed by atoms with E-state index in [-0.39, 0.29) is 0 Å². The van der Waals surface area contributed by atoms with Crippen LogP contribution < -0.4 is 5.32 Å². The number of aryl methyl sites for hydroxylation is 2. The van der Waals surface area contributed by atoms with Gasteiger partial charge in [0.15, 0.2) is 0 Å². The van der Waals surface area contributed by atoms with E-state index in [0.29, 0.717) is 12.1 Å². The summed E-state index contributed by atoms with van der Waals surface area (Å²) in [5, 5.41) is 5.09. The molecule has 3 heterocycles.